The Labute approximate surface area is 102 Å². The van der Waals surface area contributed by atoms with E-state index in [4.69, 9.17) is 0 Å². The van der Waals surface area contributed by atoms with E-state index in [9.17, 15) is 0 Å². The SMILES string of the molecule is c1csc(SCn2cnc3ccccc32)c1. The van der Waals surface area contributed by atoms with Crippen molar-refractivity contribution in [1.29, 1.82) is 0 Å². The van der Waals surface area contributed by atoms with Crippen molar-refractivity contribution in [2.75, 3.05) is 0 Å². The molecule has 0 aliphatic carbocycles. The van der Waals surface area contributed by atoms with E-state index in [1.807, 2.05) is 30.2 Å². The molecule has 80 valence electrons. The highest BCUT2D eigenvalue weighted by Crippen LogP contribution is 2.26. The minimum atomic E-state index is 0.918. The Morgan fingerprint density at radius 1 is 1.19 bits per heavy atom. The fourth-order valence-electron chi connectivity index (χ4n) is 1.59. The summed E-state index contributed by atoms with van der Waals surface area (Å²) in [5, 5.41) is 2.11. The second-order valence-electron chi connectivity index (χ2n) is 3.41. The summed E-state index contributed by atoms with van der Waals surface area (Å²) in [6, 6.07) is 12.5. The smallest absolute Gasteiger partial charge is 0.0966 e. The molecule has 0 N–H and O–H groups in total. The Morgan fingerprint density at radius 2 is 2.12 bits per heavy atom. The Morgan fingerprint density at radius 3 is 3.00 bits per heavy atom. The van der Waals surface area contributed by atoms with Crippen molar-refractivity contribution in [3.63, 3.8) is 0 Å². The highest BCUT2D eigenvalue weighted by Gasteiger charge is 2.01. The standard InChI is InChI=1S/C12H10N2S2/c1-2-5-11-10(4-1)13-8-14(11)9-16-12-6-3-7-15-12/h1-8H,9H2. The predicted molar refractivity (Wildman–Crippen MR) is 69.9 cm³/mol. The Hall–Kier alpha value is -1.26. The first-order chi connectivity index (χ1) is 7.93. The number of thioether (sulfide) groups is 1. The lowest BCUT2D eigenvalue weighted by molar-refractivity contribution is 0.923. The molecule has 0 aliphatic rings. The first kappa shape index (κ1) is 9.93. The number of imidazole rings is 1. The van der Waals surface area contributed by atoms with Crippen LogP contribution in [0.1, 0.15) is 0 Å². The molecular weight excluding hydrogens is 236 g/mol. The maximum absolute atomic E-state index is 4.37. The molecule has 3 aromatic rings. The molecule has 0 unspecified atom stereocenters. The van der Waals surface area contributed by atoms with E-state index in [0.717, 1.165) is 11.4 Å². The van der Waals surface area contributed by atoms with Crippen LogP contribution in [-0.4, -0.2) is 9.55 Å². The lowest BCUT2D eigenvalue weighted by Crippen LogP contribution is -1.90. The number of para-hydroxylation sites is 2. The lowest BCUT2D eigenvalue weighted by atomic mass is 10.3. The quantitative estimate of drug-likeness (QED) is 0.653. The van der Waals surface area contributed by atoms with Gasteiger partial charge in [0, 0.05) is 0 Å². The van der Waals surface area contributed by atoms with Gasteiger partial charge in [0.2, 0.25) is 0 Å². The Balaban J connectivity index is 1.84. The number of thiophene rings is 1. The van der Waals surface area contributed by atoms with E-state index in [1.165, 1.54) is 9.73 Å². The summed E-state index contributed by atoms with van der Waals surface area (Å²) in [6.45, 7) is 0. The van der Waals surface area contributed by atoms with Crippen LogP contribution in [0.5, 0.6) is 0 Å². The fourth-order valence-corrected chi connectivity index (χ4v) is 3.28. The third kappa shape index (κ3) is 1.86. The number of rotatable bonds is 3. The van der Waals surface area contributed by atoms with Crippen LogP contribution in [0.3, 0.4) is 0 Å². The zero-order valence-corrected chi connectivity index (χ0v) is 10.2. The predicted octanol–water partition coefficient (Wildman–Crippen LogP) is 3.85. The van der Waals surface area contributed by atoms with E-state index in [-0.39, 0.29) is 0 Å². The first-order valence-corrected chi connectivity index (χ1v) is 6.86. The number of benzene rings is 1. The molecule has 0 fully saturated rings. The van der Waals surface area contributed by atoms with Crippen LogP contribution < -0.4 is 0 Å². The van der Waals surface area contributed by atoms with Gasteiger partial charge in [-0.15, -0.1) is 11.3 Å². The third-order valence-corrected chi connectivity index (χ3v) is 4.50. The summed E-state index contributed by atoms with van der Waals surface area (Å²) in [5.74, 6) is 0.918. The number of fused-ring (bicyclic) bond motifs is 1. The zero-order valence-electron chi connectivity index (χ0n) is 8.54. The van der Waals surface area contributed by atoms with Gasteiger partial charge in [-0.1, -0.05) is 30.0 Å². The van der Waals surface area contributed by atoms with Crippen molar-refractivity contribution in [3.05, 3.63) is 48.1 Å². The van der Waals surface area contributed by atoms with Crippen molar-refractivity contribution in [2.45, 2.75) is 10.1 Å². The number of aromatic nitrogens is 2. The maximum atomic E-state index is 4.37. The average Bonchev–Trinajstić information content (AvgIpc) is 2.96. The molecule has 0 spiro atoms. The molecule has 0 saturated heterocycles. The van der Waals surface area contributed by atoms with Crippen molar-refractivity contribution in [2.24, 2.45) is 0 Å². The molecule has 0 saturated carbocycles. The summed E-state index contributed by atoms with van der Waals surface area (Å²) in [5.41, 5.74) is 2.26. The number of nitrogens with zero attached hydrogens (tertiary/aromatic N) is 2. The van der Waals surface area contributed by atoms with Gasteiger partial charge in [0.15, 0.2) is 0 Å². The molecule has 4 heteroatoms. The Kier molecular flexibility index (Phi) is 2.68. The van der Waals surface area contributed by atoms with Crippen LogP contribution in [0.4, 0.5) is 0 Å². The highest BCUT2D eigenvalue weighted by atomic mass is 32.2. The minimum Gasteiger partial charge on any atom is -0.320 e. The second kappa shape index (κ2) is 4.31. The van der Waals surface area contributed by atoms with Gasteiger partial charge in [-0.3, -0.25) is 0 Å². The monoisotopic (exact) mass is 246 g/mol. The molecule has 0 radical (unpaired) electrons. The maximum Gasteiger partial charge on any atom is 0.0966 e. The van der Waals surface area contributed by atoms with Gasteiger partial charge in [-0.2, -0.15) is 0 Å². The molecule has 0 aliphatic heterocycles. The molecule has 16 heavy (non-hydrogen) atoms. The summed E-state index contributed by atoms with van der Waals surface area (Å²) in [7, 11) is 0. The molecule has 3 rings (SSSR count). The number of hydrogen-bond donors (Lipinski definition) is 0. The van der Waals surface area contributed by atoms with E-state index < -0.39 is 0 Å². The van der Waals surface area contributed by atoms with Crippen LogP contribution in [0.15, 0.2) is 52.3 Å². The topological polar surface area (TPSA) is 17.8 Å². The van der Waals surface area contributed by atoms with Crippen LogP contribution in [-0.2, 0) is 5.88 Å². The van der Waals surface area contributed by atoms with Crippen LogP contribution in [0.2, 0.25) is 0 Å². The fraction of sp³-hybridized carbons (Fsp3) is 0.0833. The van der Waals surface area contributed by atoms with Crippen molar-refractivity contribution >= 4 is 34.1 Å². The van der Waals surface area contributed by atoms with E-state index in [1.54, 1.807) is 11.3 Å². The average molecular weight is 246 g/mol. The van der Waals surface area contributed by atoms with Gasteiger partial charge in [-0.05, 0) is 23.6 Å². The highest BCUT2D eigenvalue weighted by molar-refractivity contribution is 8.00. The molecule has 1 aromatic carbocycles. The largest absolute Gasteiger partial charge is 0.320 e. The molecule has 0 atom stereocenters. The second-order valence-corrected chi connectivity index (χ2v) is 5.60. The molecule has 0 bridgehead atoms. The molecular formula is C12H10N2S2. The molecule has 2 heterocycles. The van der Waals surface area contributed by atoms with Crippen molar-refractivity contribution in [3.8, 4) is 0 Å². The van der Waals surface area contributed by atoms with Crippen LogP contribution in [0, 0.1) is 0 Å². The van der Waals surface area contributed by atoms with E-state index in [2.05, 4.69) is 39.2 Å². The molecule has 2 aromatic heterocycles. The van der Waals surface area contributed by atoms with Gasteiger partial charge in [0.05, 0.1) is 27.4 Å². The van der Waals surface area contributed by atoms with E-state index in [0.29, 0.717) is 0 Å². The third-order valence-electron chi connectivity index (χ3n) is 2.37. The number of hydrogen-bond acceptors (Lipinski definition) is 3. The molecule has 0 amide bonds. The van der Waals surface area contributed by atoms with Crippen LogP contribution >= 0.6 is 23.1 Å². The summed E-state index contributed by atoms with van der Waals surface area (Å²) >= 11 is 3.62. The van der Waals surface area contributed by atoms with Gasteiger partial charge >= 0.3 is 0 Å². The molecule has 2 nitrogen and oxygen atoms in total. The lowest BCUT2D eigenvalue weighted by Gasteiger charge is -2.01. The Bertz CT molecular complexity index is 584. The summed E-state index contributed by atoms with van der Waals surface area (Å²) < 4.78 is 3.53. The van der Waals surface area contributed by atoms with E-state index >= 15 is 0 Å². The van der Waals surface area contributed by atoms with Gasteiger partial charge in [0.1, 0.15) is 0 Å². The summed E-state index contributed by atoms with van der Waals surface area (Å²) in [4.78, 5) is 4.37. The van der Waals surface area contributed by atoms with Crippen molar-refractivity contribution in [1.82, 2.24) is 9.55 Å². The normalized spacial score (nSPS) is 11.0. The van der Waals surface area contributed by atoms with Gasteiger partial charge < -0.3 is 4.57 Å². The summed E-state index contributed by atoms with van der Waals surface area (Å²) in [6.07, 6.45) is 1.91. The van der Waals surface area contributed by atoms with Crippen molar-refractivity contribution < 1.29 is 0 Å². The minimum absolute atomic E-state index is 0.918. The zero-order chi connectivity index (χ0) is 10.8. The van der Waals surface area contributed by atoms with Gasteiger partial charge in [0.25, 0.3) is 0 Å². The van der Waals surface area contributed by atoms with Crippen LogP contribution in [0.25, 0.3) is 11.0 Å². The van der Waals surface area contributed by atoms with Gasteiger partial charge in [-0.25, -0.2) is 4.98 Å². The first-order valence-electron chi connectivity index (χ1n) is 5.00.